The van der Waals surface area contributed by atoms with E-state index in [9.17, 15) is 36.3 Å². The van der Waals surface area contributed by atoms with Gasteiger partial charge in [-0.25, -0.2) is 0 Å². The summed E-state index contributed by atoms with van der Waals surface area (Å²) in [5.41, 5.74) is 6.31. The molecule has 89 heavy (non-hydrogen) atoms. The monoisotopic (exact) mass is 1250 g/mol. The van der Waals surface area contributed by atoms with Gasteiger partial charge in [0.05, 0.1) is 57.5 Å². The normalized spacial score (nSPS) is 10.9. The number of ether oxygens (including phenoxy) is 8. The summed E-state index contributed by atoms with van der Waals surface area (Å²) in [6.45, 7) is 5.79. The van der Waals surface area contributed by atoms with Crippen LogP contribution in [0.15, 0.2) is 186 Å². The Bertz CT molecular complexity index is 3500. The van der Waals surface area contributed by atoms with Crippen molar-refractivity contribution in [3.8, 4) is 51.7 Å². The molecule has 8 rings (SSSR count). The molecule has 0 radical (unpaired) electrons. The van der Waals surface area contributed by atoms with E-state index < -0.39 is 20.2 Å². The van der Waals surface area contributed by atoms with Crippen LogP contribution in [0, 0.1) is 13.8 Å². The topological polar surface area (TPSA) is 232 Å². The van der Waals surface area contributed by atoms with E-state index >= 15 is 0 Å². The largest absolute Gasteiger partial charge is 0.504 e. The van der Waals surface area contributed by atoms with E-state index in [0.29, 0.717) is 104 Å². The molecule has 8 aromatic carbocycles. The van der Waals surface area contributed by atoms with Gasteiger partial charge in [0.25, 0.3) is 20.2 Å². The summed E-state index contributed by atoms with van der Waals surface area (Å²) >= 11 is 0. The average molecular weight is 1260 g/mol. The summed E-state index contributed by atoms with van der Waals surface area (Å²) in [5.74, 6) is 4.84. The average Bonchev–Trinajstić information content (AvgIpc) is 3.76. The van der Waals surface area contributed by atoms with Gasteiger partial charge in [0.1, 0.15) is 55.9 Å². The van der Waals surface area contributed by atoms with Crippen molar-refractivity contribution in [2.24, 2.45) is 0 Å². The molecule has 0 saturated carbocycles. The molecule has 0 fully saturated rings. The molecule has 0 spiro atoms. The number of unbranched alkanes of at least 4 members (excludes halogenated alkanes) is 4. The maximum Gasteiger partial charge on any atom is 0.296 e. The van der Waals surface area contributed by atoms with Crippen LogP contribution >= 0.6 is 0 Å². The van der Waals surface area contributed by atoms with Crippen LogP contribution in [0.25, 0.3) is 0 Å². The number of phenols is 1. The maximum absolute atomic E-state index is 12.0. The number of rotatable bonds is 33. The van der Waals surface area contributed by atoms with Crippen molar-refractivity contribution in [2.75, 3.05) is 47.8 Å². The standard InChI is InChI=1S/C35H36O8.C19H24O6S2.C15H14O4/c1-38-30-12-6-26(7-13-30)24-42-32-16-10-28(22-36)20-34(32)40-18-4-3-5-19-41-35-21-29(23-37)11-17-33(35)43-25-27-8-14-31(39-2)15-9-27;1-16-6-10-18(11-7-16)26(20,21)24-14-4-3-5-15-25-27(22,23)19-12-8-17(2)9-13-19;1-18-13-5-2-11(3-6-13)10-19-15-7-4-12(9-16)8-14(15)17/h6-17,20-23H,3-5,18-19,24-25H2,1-2H3;6-13H,3-5,14-15H2,1-2H3;2-9,17H,10H2,1H3. The van der Waals surface area contributed by atoms with Crippen molar-refractivity contribution >= 4 is 39.1 Å². The Morgan fingerprint density at radius 2 is 0.663 bits per heavy atom. The van der Waals surface area contributed by atoms with Gasteiger partial charge in [0, 0.05) is 16.7 Å². The van der Waals surface area contributed by atoms with Gasteiger partial charge in [-0.3, -0.25) is 22.7 Å². The second kappa shape index (κ2) is 36.2. The SMILES string of the molecule is COc1ccc(COc2ccc(C=O)cc2O)cc1.COc1ccc(COc2ccc(C=O)cc2OCCCCCOc2cc(C=O)ccc2OCc2ccc(OC)cc2)cc1.Cc1ccc(S(=O)(=O)OCCCCCOS(=O)(=O)c2ccc(C)cc2)cc1. The van der Waals surface area contributed by atoms with E-state index in [-0.39, 0.29) is 28.8 Å². The molecule has 8 aromatic rings. The fraction of sp³-hybridized carbons (Fsp3) is 0.261. The van der Waals surface area contributed by atoms with Crippen molar-refractivity contribution in [3.63, 3.8) is 0 Å². The molecular formula is C69H74O18S2. The number of methoxy groups -OCH3 is 3. The highest BCUT2D eigenvalue weighted by atomic mass is 32.2. The molecule has 18 nitrogen and oxygen atoms in total. The summed E-state index contributed by atoms with van der Waals surface area (Å²) in [7, 11) is -2.66. The zero-order valence-electron chi connectivity index (χ0n) is 50.4. The first-order chi connectivity index (χ1) is 43.0. The van der Waals surface area contributed by atoms with E-state index in [1.54, 1.807) is 94.1 Å². The zero-order valence-corrected chi connectivity index (χ0v) is 52.0. The second-order valence-corrected chi connectivity index (χ2v) is 23.1. The molecule has 0 aromatic heterocycles. The van der Waals surface area contributed by atoms with Gasteiger partial charge in [-0.2, -0.15) is 16.8 Å². The molecule has 1 N–H and O–H groups in total. The second-order valence-electron chi connectivity index (χ2n) is 19.9. The van der Waals surface area contributed by atoms with Crippen molar-refractivity contribution in [1.82, 2.24) is 0 Å². The number of hydrogen-bond acceptors (Lipinski definition) is 18. The van der Waals surface area contributed by atoms with Crippen LogP contribution in [0.2, 0.25) is 0 Å². The number of aldehydes is 3. The van der Waals surface area contributed by atoms with Gasteiger partial charge in [0.15, 0.2) is 34.5 Å². The Kier molecular flexibility index (Phi) is 28.0. The number of carbonyl (C=O) groups is 3. The van der Waals surface area contributed by atoms with E-state index in [1.165, 1.54) is 30.3 Å². The molecule has 0 amide bonds. The molecule has 0 unspecified atom stereocenters. The lowest BCUT2D eigenvalue weighted by atomic mass is 10.2. The summed E-state index contributed by atoms with van der Waals surface area (Å²) in [5, 5.41) is 9.68. The number of phenolic OH excluding ortho intramolecular Hbond substituents is 1. The number of benzene rings is 8. The maximum atomic E-state index is 12.0. The predicted molar refractivity (Wildman–Crippen MR) is 336 cm³/mol. The molecule has 0 saturated heterocycles. The number of hydrogen-bond donors (Lipinski definition) is 1. The van der Waals surface area contributed by atoms with Crippen LogP contribution in [0.3, 0.4) is 0 Å². The molecule has 0 bridgehead atoms. The summed E-state index contributed by atoms with van der Waals surface area (Å²) in [4.78, 5) is 33.4. The molecule has 20 heteroatoms. The molecule has 0 heterocycles. The van der Waals surface area contributed by atoms with E-state index in [4.69, 9.17) is 46.3 Å². The van der Waals surface area contributed by atoms with Gasteiger partial charge in [0.2, 0.25) is 0 Å². The van der Waals surface area contributed by atoms with Crippen molar-refractivity contribution < 1.29 is 82.6 Å². The Morgan fingerprint density at radius 3 is 0.989 bits per heavy atom. The van der Waals surface area contributed by atoms with Crippen molar-refractivity contribution in [3.05, 3.63) is 220 Å². The van der Waals surface area contributed by atoms with Crippen LogP contribution in [-0.4, -0.2) is 88.6 Å². The Balaban J connectivity index is 0.000000233. The smallest absolute Gasteiger partial charge is 0.296 e. The lowest BCUT2D eigenvalue weighted by Gasteiger charge is -2.14. The highest BCUT2D eigenvalue weighted by Gasteiger charge is 2.17. The van der Waals surface area contributed by atoms with Crippen LogP contribution in [0.1, 0.15) is 97.4 Å². The first-order valence-corrected chi connectivity index (χ1v) is 31.3. The van der Waals surface area contributed by atoms with Gasteiger partial charge in [-0.15, -0.1) is 0 Å². The third-order valence-electron chi connectivity index (χ3n) is 13.2. The van der Waals surface area contributed by atoms with E-state index in [2.05, 4.69) is 0 Å². The van der Waals surface area contributed by atoms with Crippen LogP contribution in [-0.2, 0) is 48.4 Å². The Labute approximate surface area is 521 Å². The molecule has 0 atom stereocenters. The number of aromatic hydroxyl groups is 1. The van der Waals surface area contributed by atoms with Gasteiger partial charge in [-0.1, -0.05) is 71.8 Å². The van der Waals surface area contributed by atoms with Gasteiger partial charge < -0.3 is 43.0 Å². The van der Waals surface area contributed by atoms with E-state index in [0.717, 1.165) is 76.9 Å². The summed E-state index contributed by atoms with van der Waals surface area (Å²) in [6.07, 6.45) is 6.21. The fourth-order valence-corrected chi connectivity index (χ4v) is 9.93. The van der Waals surface area contributed by atoms with Crippen LogP contribution < -0.4 is 37.9 Å². The molecule has 0 aliphatic heterocycles. The van der Waals surface area contributed by atoms with Crippen LogP contribution in [0.5, 0.6) is 51.7 Å². The summed E-state index contributed by atoms with van der Waals surface area (Å²) in [6, 6.07) is 50.4. The number of carbonyl (C=O) groups excluding carboxylic acids is 3. The van der Waals surface area contributed by atoms with Crippen molar-refractivity contribution in [2.45, 2.75) is 82.0 Å². The molecule has 470 valence electrons. The van der Waals surface area contributed by atoms with Gasteiger partial charge in [-0.05, 0) is 184 Å². The minimum Gasteiger partial charge on any atom is -0.504 e. The third kappa shape index (κ3) is 23.4. The van der Waals surface area contributed by atoms with Crippen molar-refractivity contribution in [1.29, 1.82) is 0 Å². The summed E-state index contributed by atoms with van der Waals surface area (Å²) < 4.78 is 103. The minimum absolute atomic E-state index is 0.0426. The quantitative estimate of drug-likeness (QED) is 0.0229. The third-order valence-corrected chi connectivity index (χ3v) is 15.8. The molecule has 0 aliphatic rings. The molecular weight excluding hydrogens is 1180 g/mol. The predicted octanol–water partition coefficient (Wildman–Crippen LogP) is 13.5. The Hall–Kier alpha value is -9.21. The highest BCUT2D eigenvalue weighted by molar-refractivity contribution is 7.87. The first-order valence-electron chi connectivity index (χ1n) is 28.5. The van der Waals surface area contributed by atoms with Gasteiger partial charge >= 0.3 is 0 Å². The minimum atomic E-state index is -3.76. The lowest BCUT2D eigenvalue weighted by molar-refractivity contribution is 0.111. The number of aryl methyl sites for hydroxylation is 2. The lowest BCUT2D eigenvalue weighted by Crippen LogP contribution is -2.09. The molecule has 0 aliphatic carbocycles. The Morgan fingerprint density at radius 1 is 0.348 bits per heavy atom. The fourth-order valence-electron chi connectivity index (χ4n) is 8.05. The van der Waals surface area contributed by atoms with E-state index in [1.807, 2.05) is 86.6 Å². The first kappa shape index (κ1) is 68.9. The van der Waals surface area contributed by atoms with Crippen LogP contribution in [0.4, 0.5) is 0 Å². The zero-order chi connectivity index (χ0) is 63.9. The highest BCUT2D eigenvalue weighted by Crippen LogP contribution is 2.32.